The van der Waals surface area contributed by atoms with Crippen LogP contribution >= 0.6 is 0 Å². The van der Waals surface area contributed by atoms with E-state index in [4.69, 9.17) is 0 Å². The summed E-state index contributed by atoms with van der Waals surface area (Å²) in [6.45, 7) is 3.22. The Kier molecular flexibility index (Phi) is 4.98. The molecule has 2 amide bonds. The van der Waals surface area contributed by atoms with Crippen molar-refractivity contribution in [1.82, 2.24) is 15.8 Å². The molecule has 0 spiro atoms. The summed E-state index contributed by atoms with van der Waals surface area (Å²) in [6, 6.07) is 4.85. The van der Waals surface area contributed by atoms with Crippen molar-refractivity contribution in [2.24, 2.45) is 0 Å². The van der Waals surface area contributed by atoms with Gasteiger partial charge in [0.1, 0.15) is 11.5 Å². The summed E-state index contributed by atoms with van der Waals surface area (Å²) in [4.78, 5) is 38.5. The van der Waals surface area contributed by atoms with Gasteiger partial charge in [-0.1, -0.05) is 0 Å². The third-order valence-electron chi connectivity index (χ3n) is 3.45. The number of rotatable bonds is 3. The number of hydrazine groups is 1. The van der Waals surface area contributed by atoms with Crippen LogP contribution in [0.2, 0.25) is 0 Å². The number of ether oxygens (including phenoxy) is 1. The maximum Gasteiger partial charge on any atom is 0.339 e. The van der Waals surface area contributed by atoms with Gasteiger partial charge < -0.3 is 9.72 Å². The largest absolute Gasteiger partial charge is 0.465 e. The van der Waals surface area contributed by atoms with Crippen LogP contribution in [-0.4, -0.2) is 29.9 Å². The molecular formula is C16H16FN3O4. The van der Waals surface area contributed by atoms with E-state index >= 15 is 0 Å². The number of halogens is 1. The summed E-state index contributed by atoms with van der Waals surface area (Å²) in [5.74, 6) is -2.25. The number of methoxy groups -OCH3 is 1. The molecule has 24 heavy (non-hydrogen) atoms. The van der Waals surface area contributed by atoms with E-state index in [9.17, 15) is 18.8 Å². The second kappa shape index (κ2) is 6.95. The highest BCUT2D eigenvalue weighted by Gasteiger charge is 2.22. The van der Waals surface area contributed by atoms with Gasteiger partial charge in [0.2, 0.25) is 0 Å². The standard InChI is InChI=1S/C16H16FN3O4/c1-8-12(16(23)24-3)9(2)18-13(8)15(22)20-19-14(21)10-4-6-11(17)7-5-10/h4-7,18H,1-3H3,(H,19,21)(H,20,22). The summed E-state index contributed by atoms with van der Waals surface area (Å²) < 4.78 is 17.5. The topological polar surface area (TPSA) is 100 Å². The van der Waals surface area contributed by atoms with Crippen LogP contribution in [0.1, 0.15) is 42.5 Å². The molecule has 0 aliphatic heterocycles. The van der Waals surface area contributed by atoms with E-state index in [1.807, 2.05) is 0 Å². The number of benzene rings is 1. The molecule has 1 aromatic carbocycles. The average Bonchev–Trinajstić information content (AvgIpc) is 2.87. The second-order valence-electron chi connectivity index (χ2n) is 5.03. The molecule has 0 fully saturated rings. The molecule has 0 saturated carbocycles. The SMILES string of the molecule is COC(=O)c1c(C)[nH]c(C(=O)NNC(=O)c2ccc(F)cc2)c1C. The summed E-state index contributed by atoms with van der Waals surface area (Å²) >= 11 is 0. The van der Waals surface area contributed by atoms with Crippen molar-refractivity contribution < 1.29 is 23.5 Å². The van der Waals surface area contributed by atoms with E-state index in [0.29, 0.717) is 11.3 Å². The van der Waals surface area contributed by atoms with Crippen molar-refractivity contribution in [3.63, 3.8) is 0 Å². The maximum absolute atomic E-state index is 12.8. The first kappa shape index (κ1) is 17.2. The molecule has 0 saturated heterocycles. The molecule has 1 aromatic heterocycles. The lowest BCUT2D eigenvalue weighted by Crippen LogP contribution is -2.42. The summed E-state index contributed by atoms with van der Waals surface area (Å²) in [5.41, 5.74) is 5.93. The minimum atomic E-state index is -0.624. The number of aromatic nitrogens is 1. The zero-order valence-electron chi connectivity index (χ0n) is 13.3. The van der Waals surface area contributed by atoms with E-state index < -0.39 is 23.6 Å². The first-order chi connectivity index (χ1) is 11.3. The van der Waals surface area contributed by atoms with Crippen LogP contribution in [-0.2, 0) is 4.74 Å². The lowest BCUT2D eigenvalue weighted by molar-refractivity contribution is 0.0599. The number of hydrogen-bond donors (Lipinski definition) is 3. The molecule has 8 heteroatoms. The van der Waals surface area contributed by atoms with E-state index in [1.165, 1.54) is 19.2 Å². The van der Waals surface area contributed by atoms with Crippen molar-refractivity contribution in [2.45, 2.75) is 13.8 Å². The van der Waals surface area contributed by atoms with Crippen molar-refractivity contribution in [2.75, 3.05) is 7.11 Å². The van der Waals surface area contributed by atoms with Gasteiger partial charge in [-0.25, -0.2) is 9.18 Å². The maximum atomic E-state index is 12.8. The Morgan fingerprint density at radius 2 is 1.62 bits per heavy atom. The quantitative estimate of drug-likeness (QED) is 0.587. The fourth-order valence-electron chi connectivity index (χ4n) is 2.23. The monoisotopic (exact) mass is 333 g/mol. The van der Waals surface area contributed by atoms with Gasteiger partial charge in [-0.15, -0.1) is 0 Å². The normalized spacial score (nSPS) is 10.2. The van der Waals surface area contributed by atoms with Gasteiger partial charge in [0.25, 0.3) is 11.8 Å². The highest BCUT2D eigenvalue weighted by Crippen LogP contribution is 2.18. The van der Waals surface area contributed by atoms with Crippen LogP contribution in [0.25, 0.3) is 0 Å². The highest BCUT2D eigenvalue weighted by atomic mass is 19.1. The van der Waals surface area contributed by atoms with E-state index in [-0.39, 0.29) is 16.8 Å². The number of carbonyl (C=O) groups is 3. The molecule has 0 bridgehead atoms. The van der Waals surface area contributed by atoms with Crippen molar-refractivity contribution in [3.8, 4) is 0 Å². The molecule has 3 N–H and O–H groups in total. The number of nitrogens with one attached hydrogen (secondary N) is 3. The zero-order valence-corrected chi connectivity index (χ0v) is 13.3. The molecule has 2 aromatic rings. The zero-order chi connectivity index (χ0) is 17.9. The van der Waals surface area contributed by atoms with E-state index in [0.717, 1.165) is 12.1 Å². The third kappa shape index (κ3) is 3.43. The van der Waals surface area contributed by atoms with Crippen molar-refractivity contribution in [3.05, 3.63) is 58.2 Å². The van der Waals surface area contributed by atoms with Gasteiger partial charge in [-0.2, -0.15) is 0 Å². The number of carbonyl (C=O) groups excluding carboxylic acids is 3. The fourth-order valence-corrected chi connectivity index (χ4v) is 2.23. The summed E-state index contributed by atoms with van der Waals surface area (Å²) in [5, 5.41) is 0. The Bertz CT molecular complexity index is 796. The average molecular weight is 333 g/mol. The Hall–Kier alpha value is -3.16. The Labute approximate surface area is 137 Å². The molecule has 2 rings (SSSR count). The number of aromatic amines is 1. The van der Waals surface area contributed by atoms with Crippen LogP contribution in [0.4, 0.5) is 4.39 Å². The van der Waals surface area contributed by atoms with Crippen LogP contribution in [0.3, 0.4) is 0 Å². The molecule has 7 nitrogen and oxygen atoms in total. The fraction of sp³-hybridized carbons (Fsp3) is 0.188. The number of esters is 1. The molecule has 0 aliphatic rings. The van der Waals surface area contributed by atoms with Gasteiger partial charge in [0, 0.05) is 11.3 Å². The molecule has 0 radical (unpaired) electrons. The molecule has 0 aliphatic carbocycles. The number of amides is 2. The molecular weight excluding hydrogens is 317 g/mol. The van der Waals surface area contributed by atoms with Gasteiger partial charge in [0.15, 0.2) is 0 Å². The van der Waals surface area contributed by atoms with Gasteiger partial charge in [0.05, 0.1) is 12.7 Å². The number of hydrogen-bond acceptors (Lipinski definition) is 4. The van der Waals surface area contributed by atoms with Crippen LogP contribution in [0.5, 0.6) is 0 Å². The number of H-pyrrole nitrogens is 1. The minimum Gasteiger partial charge on any atom is -0.465 e. The predicted octanol–water partition coefficient (Wildman–Crippen LogP) is 1.63. The molecule has 126 valence electrons. The second-order valence-corrected chi connectivity index (χ2v) is 5.03. The van der Waals surface area contributed by atoms with Gasteiger partial charge in [-0.3, -0.25) is 20.4 Å². The molecule has 0 atom stereocenters. The van der Waals surface area contributed by atoms with Crippen LogP contribution < -0.4 is 10.9 Å². The summed E-state index contributed by atoms with van der Waals surface area (Å²) in [6.07, 6.45) is 0. The van der Waals surface area contributed by atoms with Crippen molar-refractivity contribution >= 4 is 17.8 Å². The summed E-state index contributed by atoms with van der Waals surface area (Å²) in [7, 11) is 1.25. The first-order valence-electron chi connectivity index (χ1n) is 6.99. The Morgan fingerprint density at radius 1 is 1.04 bits per heavy atom. The smallest absolute Gasteiger partial charge is 0.339 e. The van der Waals surface area contributed by atoms with Crippen LogP contribution in [0.15, 0.2) is 24.3 Å². The lowest BCUT2D eigenvalue weighted by Gasteiger charge is -2.07. The minimum absolute atomic E-state index is 0.132. The van der Waals surface area contributed by atoms with Crippen LogP contribution in [0, 0.1) is 19.7 Å². The van der Waals surface area contributed by atoms with Crippen molar-refractivity contribution in [1.29, 1.82) is 0 Å². The number of aryl methyl sites for hydroxylation is 1. The molecule has 0 unspecified atom stereocenters. The van der Waals surface area contributed by atoms with Gasteiger partial charge in [-0.05, 0) is 43.7 Å². The van der Waals surface area contributed by atoms with E-state index in [1.54, 1.807) is 13.8 Å². The van der Waals surface area contributed by atoms with Gasteiger partial charge >= 0.3 is 5.97 Å². The Balaban J connectivity index is 2.09. The lowest BCUT2D eigenvalue weighted by atomic mass is 10.1. The molecule has 1 heterocycles. The van der Waals surface area contributed by atoms with E-state index in [2.05, 4.69) is 20.6 Å². The Morgan fingerprint density at radius 3 is 2.21 bits per heavy atom. The predicted molar refractivity (Wildman–Crippen MR) is 82.9 cm³/mol. The third-order valence-corrected chi connectivity index (χ3v) is 3.45. The highest BCUT2D eigenvalue weighted by molar-refractivity contribution is 6.02. The first-order valence-corrected chi connectivity index (χ1v) is 6.99.